The number of anilines is 1. The molecule has 6 heteroatoms. The molecule has 2 aromatic heterocycles. The van der Waals surface area contributed by atoms with Crippen molar-refractivity contribution in [3.8, 4) is 11.3 Å². The highest BCUT2D eigenvalue weighted by Gasteiger charge is 2.14. The lowest BCUT2D eigenvalue weighted by molar-refractivity contribution is -0.116. The number of aryl methyl sites for hydroxylation is 1. The molecule has 3 aromatic rings. The van der Waals surface area contributed by atoms with Crippen molar-refractivity contribution in [3.05, 3.63) is 53.7 Å². The van der Waals surface area contributed by atoms with Gasteiger partial charge in [-0.3, -0.25) is 9.48 Å². The summed E-state index contributed by atoms with van der Waals surface area (Å²) in [7, 11) is 0. The van der Waals surface area contributed by atoms with Crippen LogP contribution in [0, 0.1) is 0 Å². The zero-order chi connectivity index (χ0) is 18.6. The zero-order valence-electron chi connectivity index (χ0n) is 15.4. The van der Waals surface area contributed by atoms with E-state index in [1.165, 1.54) is 16.9 Å². The van der Waals surface area contributed by atoms with Crippen molar-refractivity contribution in [2.45, 2.75) is 45.6 Å². The summed E-state index contributed by atoms with van der Waals surface area (Å²) in [6.45, 7) is 7.34. The second kappa shape index (κ2) is 7.83. The van der Waals surface area contributed by atoms with E-state index in [0.29, 0.717) is 11.6 Å². The summed E-state index contributed by atoms with van der Waals surface area (Å²) in [6.07, 6.45) is 4.84. The number of nitrogens with one attached hydrogen (secondary N) is 1. The van der Waals surface area contributed by atoms with Crippen LogP contribution in [-0.4, -0.2) is 20.7 Å². The molecule has 1 aromatic carbocycles. The van der Waals surface area contributed by atoms with Gasteiger partial charge in [0.05, 0.1) is 5.69 Å². The monoisotopic (exact) mass is 368 g/mol. The van der Waals surface area contributed by atoms with Crippen LogP contribution in [0.2, 0.25) is 0 Å². The topological polar surface area (TPSA) is 59.8 Å². The molecule has 5 nitrogen and oxygen atoms in total. The van der Waals surface area contributed by atoms with Crippen LogP contribution in [0.4, 0.5) is 5.13 Å². The maximum Gasteiger partial charge on any atom is 0.226 e. The Morgan fingerprint density at radius 2 is 2.00 bits per heavy atom. The predicted octanol–water partition coefficient (Wildman–Crippen LogP) is 4.72. The molecule has 0 atom stereocenters. The van der Waals surface area contributed by atoms with E-state index in [9.17, 15) is 4.79 Å². The summed E-state index contributed by atoms with van der Waals surface area (Å²) in [5, 5.41) is 9.64. The summed E-state index contributed by atoms with van der Waals surface area (Å²) in [5.74, 6) is -0.0128. The van der Waals surface area contributed by atoms with Crippen LogP contribution >= 0.6 is 11.3 Å². The number of carbonyl (C=O) groups excluding carboxylic acids is 1. The average Bonchev–Trinajstić information content (AvgIpc) is 3.26. The number of thiazole rings is 1. The molecule has 0 unspecified atom stereocenters. The maximum absolute atomic E-state index is 12.1. The third-order valence-corrected chi connectivity index (χ3v) is 4.91. The van der Waals surface area contributed by atoms with Crippen LogP contribution < -0.4 is 5.32 Å². The number of hydrogen-bond acceptors (Lipinski definition) is 4. The fourth-order valence-corrected chi connectivity index (χ4v) is 3.36. The SMILES string of the molecule is CC(C)(C)c1ccc(-c2csc(NC(=O)CCCn3cccn3)n2)cc1. The molecule has 0 radical (unpaired) electrons. The number of rotatable bonds is 6. The first kappa shape index (κ1) is 18.3. The van der Waals surface area contributed by atoms with E-state index in [0.717, 1.165) is 24.2 Å². The number of benzene rings is 1. The summed E-state index contributed by atoms with van der Waals surface area (Å²) in [6, 6.07) is 10.3. The molecule has 1 amide bonds. The molecule has 0 saturated heterocycles. The van der Waals surface area contributed by atoms with E-state index in [1.54, 1.807) is 6.20 Å². The molecular weight excluding hydrogens is 344 g/mol. The third-order valence-electron chi connectivity index (χ3n) is 4.15. The highest BCUT2D eigenvalue weighted by Crippen LogP contribution is 2.28. The summed E-state index contributed by atoms with van der Waals surface area (Å²) in [5.41, 5.74) is 3.38. The van der Waals surface area contributed by atoms with Crippen molar-refractivity contribution in [1.29, 1.82) is 0 Å². The molecule has 136 valence electrons. The Bertz CT molecular complexity index is 845. The predicted molar refractivity (Wildman–Crippen MR) is 106 cm³/mol. The number of nitrogens with zero attached hydrogens (tertiary/aromatic N) is 3. The lowest BCUT2D eigenvalue weighted by atomic mass is 9.86. The van der Waals surface area contributed by atoms with Gasteiger partial charge >= 0.3 is 0 Å². The molecule has 0 aliphatic heterocycles. The minimum Gasteiger partial charge on any atom is -0.302 e. The highest BCUT2D eigenvalue weighted by atomic mass is 32.1. The average molecular weight is 369 g/mol. The Labute approximate surface area is 158 Å². The van der Waals surface area contributed by atoms with Crippen LogP contribution in [-0.2, 0) is 16.8 Å². The Morgan fingerprint density at radius 3 is 2.65 bits per heavy atom. The fraction of sp³-hybridized carbons (Fsp3) is 0.350. The quantitative estimate of drug-likeness (QED) is 0.685. The van der Waals surface area contributed by atoms with Gasteiger partial charge < -0.3 is 5.32 Å². The minimum absolute atomic E-state index is 0.0128. The van der Waals surface area contributed by atoms with Crippen LogP contribution in [0.3, 0.4) is 0 Å². The number of carbonyl (C=O) groups is 1. The van der Waals surface area contributed by atoms with Crippen molar-refractivity contribution in [2.24, 2.45) is 0 Å². The Hall–Kier alpha value is -2.47. The van der Waals surface area contributed by atoms with E-state index >= 15 is 0 Å². The lowest BCUT2D eigenvalue weighted by Crippen LogP contribution is -2.12. The standard InChI is InChI=1S/C20H24N4OS/c1-20(2,3)16-9-7-15(8-10-16)17-14-26-19(22-17)23-18(25)6-4-12-24-13-5-11-21-24/h5,7-11,13-14H,4,6,12H2,1-3H3,(H,22,23,25). The molecule has 0 bridgehead atoms. The summed E-state index contributed by atoms with van der Waals surface area (Å²) < 4.78 is 1.83. The van der Waals surface area contributed by atoms with Crippen LogP contribution in [0.5, 0.6) is 0 Å². The maximum atomic E-state index is 12.1. The molecule has 1 N–H and O–H groups in total. The van der Waals surface area contributed by atoms with Crippen molar-refractivity contribution < 1.29 is 4.79 Å². The van der Waals surface area contributed by atoms with Gasteiger partial charge in [0, 0.05) is 36.3 Å². The van der Waals surface area contributed by atoms with Crippen molar-refractivity contribution in [2.75, 3.05) is 5.32 Å². The highest BCUT2D eigenvalue weighted by molar-refractivity contribution is 7.14. The first-order valence-corrected chi connectivity index (χ1v) is 9.63. The fourth-order valence-electron chi connectivity index (χ4n) is 2.62. The van der Waals surface area contributed by atoms with Gasteiger partial charge in [0.1, 0.15) is 0 Å². The normalized spacial score (nSPS) is 11.5. The first-order chi connectivity index (χ1) is 12.4. The van der Waals surface area contributed by atoms with E-state index in [2.05, 4.69) is 60.4 Å². The van der Waals surface area contributed by atoms with Gasteiger partial charge in [-0.15, -0.1) is 11.3 Å². The second-order valence-corrected chi connectivity index (χ2v) is 8.14. The number of hydrogen-bond donors (Lipinski definition) is 1. The minimum atomic E-state index is -0.0128. The van der Waals surface area contributed by atoms with Gasteiger partial charge in [-0.05, 0) is 23.5 Å². The van der Waals surface area contributed by atoms with Crippen LogP contribution in [0.25, 0.3) is 11.3 Å². The third kappa shape index (κ3) is 4.79. The molecule has 0 saturated carbocycles. The van der Waals surface area contributed by atoms with Crippen molar-refractivity contribution in [1.82, 2.24) is 14.8 Å². The number of aromatic nitrogens is 3. The largest absolute Gasteiger partial charge is 0.302 e. The van der Waals surface area contributed by atoms with Gasteiger partial charge in [-0.1, -0.05) is 45.0 Å². The van der Waals surface area contributed by atoms with Gasteiger partial charge in [-0.2, -0.15) is 5.10 Å². The molecular formula is C20H24N4OS. The van der Waals surface area contributed by atoms with Crippen molar-refractivity contribution in [3.63, 3.8) is 0 Å². The van der Waals surface area contributed by atoms with Gasteiger partial charge in [0.2, 0.25) is 5.91 Å². The molecule has 3 rings (SSSR count). The summed E-state index contributed by atoms with van der Waals surface area (Å²) >= 11 is 1.45. The molecule has 0 aliphatic rings. The second-order valence-electron chi connectivity index (χ2n) is 7.29. The van der Waals surface area contributed by atoms with E-state index in [-0.39, 0.29) is 11.3 Å². The number of amides is 1. The lowest BCUT2D eigenvalue weighted by Gasteiger charge is -2.18. The smallest absolute Gasteiger partial charge is 0.226 e. The van der Waals surface area contributed by atoms with E-state index in [4.69, 9.17) is 0 Å². The Morgan fingerprint density at radius 1 is 1.23 bits per heavy atom. The van der Waals surface area contributed by atoms with Gasteiger partial charge in [-0.25, -0.2) is 4.98 Å². The van der Waals surface area contributed by atoms with E-state index in [1.807, 2.05) is 22.3 Å². The molecule has 0 fully saturated rings. The molecule has 0 aliphatic carbocycles. The van der Waals surface area contributed by atoms with Crippen LogP contribution in [0.1, 0.15) is 39.2 Å². The van der Waals surface area contributed by atoms with Gasteiger partial charge in [0.15, 0.2) is 5.13 Å². The Kier molecular flexibility index (Phi) is 5.52. The molecule has 2 heterocycles. The van der Waals surface area contributed by atoms with E-state index < -0.39 is 0 Å². The summed E-state index contributed by atoms with van der Waals surface area (Å²) in [4.78, 5) is 16.6. The molecule has 26 heavy (non-hydrogen) atoms. The zero-order valence-corrected chi connectivity index (χ0v) is 16.2. The Balaban J connectivity index is 1.54. The first-order valence-electron chi connectivity index (χ1n) is 8.75. The van der Waals surface area contributed by atoms with Crippen molar-refractivity contribution >= 4 is 22.4 Å². The van der Waals surface area contributed by atoms with Gasteiger partial charge in [0.25, 0.3) is 0 Å². The van der Waals surface area contributed by atoms with Crippen LogP contribution in [0.15, 0.2) is 48.1 Å². The molecule has 0 spiro atoms.